The van der Waals surface area contributed by atoms with Crippen molar-refractivity contribution < 1.29 is 5.11 Å². The van der Waals surface area contributed by atoms with Crippen LogP contribution >= 0.6 is 0 Å². The Balaban J connectivity index is 2.17. The fraction of sp³-hybridized carbons (Fsp3) is 0.833. The number of guanidine groups is 1. The molecule has 1 aliphatic rings. The predicted octanol–water partition coefficient (Wildman–Crippen LogP) is -0.969. The Hall–Kier alpha value is -0.770. The van der Waals surface area contributed by atoms with Gasteiger partial charge in [-0.2, -0.15) is 0 Å². The lowest BCUT2D eigenvalue weighted by Gasteiger charge is -2.03. The zero-order chi connectivity index (χ0) is 7.56. The van der Waals surface area contributed by atoms with Crippen LogP contribution in [0.1, 0.15) is 12.8 Å². The summed E-state index contributed by atoms with van der Waals surface area (Å²) in [5.74, 6) is 0.503. The second kappa shape index (κ2) is 2.88. The standard InChI is InChI=1S/C6H13N3O/c7-6(8)9-3-5(10)4-1-2-4/h4-5,10H,1-3H2,(H4,7,8,9). The first-order valence-electron chi connectivity index (χ1n) is 3.43. The first-order chi connectivity index (χ1) is 4.70. The maximum atomic E-state index is 9.22. The second-order valence-electron chi connectivity index (χ2n) is 2.67. The molecule has 0 aromatic heterocycles. The summed E-state index contributed by atoms with van der Waals surface area (Å²) in [6.07, 6.45) is 1.89. The van der Waals surface area contributed by atoms with Crippen LogP contribution in [0.5, 0.6) is 0 Å². The van der Waals surface area contributed by atoms with E-state index in [0.29, 0.717) is 12.5 Å². The van der Waals surface area contributed by atoms with Crippen LogP contribution in [0.25, 0.3) is 0 Å². The lowest BCUT2D eigenvalue weighted by molar-refractivity contribution is 0.160. The van der Waals surface area contributed by atoms with E-state index in [4.69, 9.17) is 11.5 Å². The maximum Gasteiger partial charge on any atom is 0.185 e. The Labute approximate surface area is 59.9 Å². The molecule has 0 aliphatic heterocycles. The average Bonchev–Trinajstić information content (AvgIpc) is 2.63. The Kier molecular flexibility index (Phi) is 2.11. The zero-order valence-electron chi connectivity index (χ0n) is 5.83. The molecule has 1 saturated carbocycles. The summed E-state index contributed by atoms with van der Waals surface area (Å²) in [6, 6.07) is 0. The monoisotopic (exact) mass is 143 g/mol. The number of hydrogen-bond donors (Lipinski definition) is 3. The molecule has 1 rings (SSSR count). The fourth-order valence-corrected chi connectivity index (χ4v) is 0.829. The van der Waals surface area contributed by atoms with Gasteiger partial charge in [-0.05, 0) is 18.8 Å². The van der Waals surface area contributed by atoms with Crippen LogP contribution in [0.3, 0.4) is 0 Å². The summed E-state index contributed by atoms with van der Waals surface area (Å²) < 4.78 is 0. The Bertz CT molecular complexity index is 138. The molecule has 1 aliphatic carbocycles. The SMILES string of the molecule is NC(N)=NCC(O)C1CC1. The quantitative estimate of drug-likeness (QED) is 0.351. The summed E-state index contributed by atoms with van der Waals surface area (Å²) >= 11 is 0. The van der Waals surface area contributed by atoms with Gasteiger partial charge >= 0.3 is 0 Å². The third kappa shape index (κ3) is 2.23. The number of aliphatic hydroxyl groups excluding tert-OH is 1. The van der Waals surface area contributed by atoms with Gasteiger partial charge in [0.2, 0.25) is 0 Å². The van der Waals surface area contributed by atoms with Crippen LogP contribution < -0.4 is 11.5 Å². The molecule has 0 radical (unpaired) electrons. The number of hydrogen-bond acceptors (Lipinski definition) is 2. The highest BCUT2D eigenvalue weighted by molar-refractivity contribution is 5.75. The number of rotatable bonds is 3. The third-order valence-electron chi connectivity index (χ3n) is 1.63. The maximum absolute atomic E-state index is 9.22. The van der Waals surface area contributed by atoms with Crippen LogP contribution in [-0.4, -0.2) is 23.7 Å². The molecule has 1 fully saturated rings. The van der Waals surface area contributed by atoms with Crippen LogP contribution in [0.2, 0.25) is 0 Å². The Morgan fingerprint density at radius 2 is 2.20 bits per heavy atom. The van der Waals surface area contributed by atoms with Crippen LogP contribution in [0, 0.1) is 5.92 Å². The lowest BCUT2D eigenvalue weighted by Crippen LogP contribution is -2.25. The molecular formula is C6H13N3O. The number of aliphatic imine (C=N–C) groups is 1. The molecule has 58 valence electrons. The molecule has 0 saturated heterocycles. The highest BCUT2D eigenvalue weighted by atomic mass is 16.3. The van der Waals surface area contributed by atoms with E-state index >= 15 is 0 Å². The molecule has 4 nitrogen and oxygen atoms in total. The number of nitrogens with two attached hydrogens (primary N) is 2. The average molecular weight is 143 g/mol. The number of aliphatic hydroxyl groups is 1. The molecule has 4 heteroatoms. The summed E-state index contributed by atoms with van der Waals surface area (Å²) in [4.78, 5) is 3.71. The molecule has 0 spiro atoms. The minimum Gasteiger partial charge on any atom is -0.391 e. The van der Waals surface area contributed by atoms with Gasteiger partial charge in [-0.3, -0.25) is 4.99 Å². The van der Waals surface area contributed by atoms with Gasteiger partial charge in [-0.1, -0.05) is 0 Å². The first kappa shape index (κ1) is 7.34. The first-order valence-corrected chi connectivity index (χ1v) is 3.43. The summed E-state index contributed by atoms with van der Waals surface area (Å²) in [6.45, 7) is 0.354. The van der Waals surface area contributed by atoms with Gasteiger partial charge < -0.3 is 16.6 Å². The summed E-state index contributed by atoms with van der Waals surface area (Å²) in [5, 5.41) is 9.22. The smallest absolute Gasteiger partial charge is 0.185 e. The minimum absolute atomic E-state index is 0.0553. The van der Waals surface area contributed by atoms with Crippen molar-refractivity contribution in [1.29, 1.82) is 0 Å². The van der Waals surface area contributed by atoms with Crippen molar-refractivity contribution in [3.8, 4) is 0 Å². The van der Waals surface area contributed by atoms with Crippen molar-refractivity contribution in [2.24, 2.45) is 22.4 Å². The van der Waals surface area contributed by atoms with E-state index in [9.17, 15) is 5.11 Å². The van der Waals surface area contributed by atoms with Crippen LogP contribution in [-0.2, 0) is 0 Å². The van der Waals surface area contributed by atoms with E-state index in [1.807, 2.05) is 0 Å². The zero-order valence-corrected chi connectivity index (χ0v) is 5.83. The fourth-order valence-electron chi connectivity index (χ4n) is 0.829. The lowest BCUT2D eigenvalue weighted by atomic mass is 10.2. The van der Waals surface area contributed by atoms with Gasteiger partial charge in [-0.25, -0.2) is 0 Å². The van der Waals surface area contributed by atoms with Crippen LogP contribution in [0.15, 0.2) is 4.99 Å². The topological polar surface area (TPSA) is 84.6 Å². The largest absolute Gasteiger partial charge is 0.391 e. The van der Waals surface area contributed by atoms with E-state index in [0.717, 1.165) is 12.8 Å². The summed E-state index contributed by atoms with van der Waals surface area (Å²) in [7, 11) is 0. The van der Waals surface area contributed by atoms with Crippen molar-refractivity contribution in [2.45, 2.75) is 18.9 Å². The molecule has 0 aromatic carbocycles. The number of nitrogens with zero attached hydrogens (tertiary/aromatic N) is 1. The molecule has 0 bridgehead atoms. The minimum atomic E-state index is -0.331. The molecule has 0 heterocycles. The normalized spacial score (nSPS) is 20.1. The van der Waals surface area contributed by atoms with Crippen molar-refractivity contribution in [3.05, 3.63) is 0 Å². The molecule has 10 heavy (non-hydrogen) atoms. The highest BCUT2D eigenvalue weighted by Crippen LogP contribution is 2.32. The van der Waals surface area contributed by atoms with Gasteiger partial charge in [0.15, 0.2) is 5.96 Å². The van der Waals surface area contributed by atoms with E-state index in [2.05, 4.69) is 4.99 Å². The Morgan fingerprint density at radius 1 is 1.60 bits per heavy atom. The van der Waals surface area contributed by atoms with Crippen molar-refractivity contribution in [2.75, 3.05) is 6.54 Å². The van der Waals surface area contributed by atoms with Crippen molar-refractivity contribution >= 4 is 5.96 Å². The van der Waals surface area contributed by atoms with Gasteiger partial charge in [0, 0.05) is 0 Å². The molecule has 5 N–H and O–H groups in total. The van der Waals surface area contributed by atoms with Gasteiger partial charge in [0.1, 0.15) is 0 Å². The van der Waals surface area contributed by atoms with Gasteiger partial charge in [0.25, 0.3) is 0 Å². The van der Waals surface area contributed by atoms with E-state index in [-0.39, 0.29) is 12.1 Å². The molecule has 0 aromatic rings. The molecule has 1 unspecified atom stereocenters. The third-order valence-corrected chi connectivity index (χ3v) is 1.63. The molecular weight excluding hydrogens is 130 g/mol. The van der Waals surface area contributed by atoms with E-state index < -0.39 is 0 Å². The highest BCUT2D eigenvalue weighted by Gasteiger charge is 2.29. The molecule has 1 atom stereocenters. The van der Waals surface area contributed by atoms with E-state index in [1.165, 1.54) is 0 Å². The van der Waals surface area contributed by atoms with E-state index in [1.54, 1.807) is 0 Å². The van der Waals surface area contributed by atoms with Gasteiger partial charge in [-0.15, -0.1) is 0 Å². The molecule has 0 amide bonds. The second-order valence-corrected chi connectivity index (χ2v) is 2.67. The van der Waals surface area contributed by atoms with Crippen molar-refractivity contribution in [3.63, 3.8) is 0 Å². The predicted molar refractivity (Wildman–Crippen MR) is 39.4 cm³/mol. The Morgan fingerprint density at radius 3 is 2.60 bits per heavy atom. The van der Waals surface area contributed by atoms with Gasteiger partial charge in [0.05, 0.1) is 12.6 Å². The van der Waals surface area contributed by atoms with Crippen LogP contribution in [0.4, 0.5) is 0 Å². The summed E-state index contributed by atoms with van der Waals surface area (Å²) in [5.41, 5.74) is 10.2. The van der Waals surface area contributed by atoms with Crippen molar-refractivity contribution in [1.82, 2.24) is 0 Å².